The fourth-order valence-corrected chi connectivity index (χ4v) is 1.94. The number of esters is 1. The van der Waals surface area contributed by atoms with E-state index in [9.17, 15) is 9.59 Å². The summed E-state index contributed by atoms with van der Waals surface area (Å²) in [6.45, 7) is 5.77. The van der Waals surface area contributed by atoms with Crippen molar-refractivity contribution in [3.8, 4) is 0 Å². The first-order valence-corrected chi connectivity index (χ1v) is 4.69. The Balaban J connectivity index is 2.98. The minimum atomic E-state index is -0.611. The van der Waals surface area contributed by atoms with Crippen LogP contribution in [0.4, 0.5) is 0 Å². The average Bonchev–Trinajstić information content (AvgIpc) is 2.09. The van der Waals surface area contributed by atoms with Crippen LogP contribution in [0.2, 0.25) is 0 Å². The average molecular weight is 196 g/mol. The highest BCUT2D eigenvalue weighted by molar-refractivity contribution is 6.08. The van der Waals surface area contributed by atoms with Gasteiger partial charge in [0.2, 0.25) is 0 Å². The van der Waals surface area contributed by atoms with Crippen molar-refractivity contribution in [3.05, 3.63) is 11.6 Å². The first-order valence-electron chi connectivity index (χ1n) is 4.69. The Kier molecular flexibility index (Phi) is 2.79. The standard InChI is InChI=1S/C11H16O3/c1-7-5-11(2,3)6-8(9(7)12)10(13)14-4/h5,8H,6H2,1-4H3. The van der Waals surface area contributed by atoms with Crippen LogP contribution in [0.1, 0.15) is 27.2 Å². The van der Waals surface area contributed by atoms with Gasteiger partial charge in [-0.25, -0.2) is 0 Å². The van der Waals surface area contributed by atoms with Crippen molar-refractivity contribution in [3.63, 3.8) is 0 Å². The maximum atomic E-state index is 11.6. The molecule has 0 aromatic heterocycles. The van der Waals surface area contributed by atoms with E-state index in [2.05, 4.69) is 4.74 Å². The highest BCUT2D eigenvalue weighted by atomic mass is 16.5. The zero-order valence-corrected chi connectivity index (χ0v) is 9.09. The quantitative estimate of drug-likeness (QED) is 0.473. The molecule has 0 fully saturated rings. The van der Waals surface area contributed by atoms with Gasteiger partial charge in [-0.05, 0) is 24.3 Å². The summed E-state index contributed by atoms with van der Waals surface area (Å²) in [7, 11) is 1.32. The van der Waals surface area contributed by atoms with E-state index >= 15 is 0 Å². The lowest BCUT2D eigenvalue weighted by molar-refractivity contribution is -0.150. The molecule has 78 valence electrons. The molecule has 1 aliphatic rings. The first kappa shape index (κ1) is 11.0. The van der Waals surface area contributed by atoms with Crippen LogP contribution in [0.3, 0.4) is 0 Å². The van der Waals surface area contributed by atoms with Crippen LogP contribution in [0.15, 0.2) is 11.6 Å². The van der Waals surface area contributed by atoms with Crippen molar-refractivity contribution in [1.29, 1.82) is 0 Å². The third-order valence-electron chi connectivity index (χ3n) is 2.53. The Morgan fingerprint density at radius 1 is 1.57 bits per heavy atom. The summed E-state index contributed by atoms with van der Waals surface area (Å²) in [6, 6.07) is 0. The number of ether oxygens (including phenoxy) is 1. The maximum Gasteiger partial charge on any atom is 0.316 e. The third kappa shape index (κ3) is 2.03. The number of hydrogen-bond donors (Lipinski definition) is 0. The smallest absolute Gasteiger partial charge is 0.316 e. The maximum absolute atomic E-state index is 11.6. The van der Waals surface area contributed by atoms with Crippen LogP contribution in [-0.2, 0) is 14.3 Å². The molecule has 0 saturated heterocycles. The molecule has 0 amide bonds. The van der Waals surface area contributed by atoms with Crippen LogP contribution in [0.5, 0.6) is 0 Å². The molecule has 3 heteroatoms. The second-order valence-corrected chi connectivity index (χ2v) is 4.46. The monoisotopic (exact) mass is 196 g/mol. The summed E-state index contributed by atoms with van der Waals surface area (Å²) in [5, 5.41) is 0. The fraction of sp³-hybridized carbons (Fsp3) is 0.636. The minimum absolute atomic E-state index is 0.100. The number of hydrogen-bond acceptors (Lipinski definition) is 3. The number of carbonyl (C=O) groups excluding carboxylic acids is 2. The second kappa shape index (κ2) is 3.56. The third-order valence-corrected chi connectivity index (χ3v) is 2.53. The number of carbonyl (C=O) groups is 2. The Morgan fingerprint density at radius 3 is 2.64 bits per heavy atom. The van der Waals surface area contributed by atoms with Crippen molar-refractivity contribution in [1.82, 2.24) is 0 Å². The van der Waals surface area contributed by atoms with Crippen LogP contribution in [0, 0.1) is 11.3 Å². The number of allylic oxidation sites excluding steroid dienone is 2. The van der Waals surface area contributed by atoms with Crippen molar-refractivity contribution in [2.45, 2.75) is 27.2 Å². The van der Waals surface area contributed by atoms with E-state index in [1.807, 2.05) is 19.9 Å². The van der Waals surface area contributed by atoms with Crippen LogP contribution in [-0.4, -0.2) is 18.9 Å². The highest BCUT2D eigenvalue weighted by Crippen LogP contribution is 2.35. The van der Waals surface area contributed by atoms with Gasteiger partial charge in [0.1, 0.15) is 5.92 Å². The molecule has 0 spiro atoms. The van der Waals surface area contributed by atoms with Crippen LogP contribution >= 0.6 is 0 Å². The van der Waals surface area contributed by atoms with Gasteiger partial charge in [0.15, 0.2) is 5.78 Å². The van der Waals surface area contributed by atoms with Gasteiger partial charge in [0.25, 0.3) is 0 Å². The van der Waals surface area contributed by atoms with Crippen molar-refractivity contribution in [2.24, 2.45) is 11.3 Å². The number of Topliss-reactive ketones (excluding diaryl/α,β-unsaturated/α-hetero) is 1. The lowest BCUT2D eigenvalue weighted by atomic mass is 9.73. The molecule has 1 unspecified atom stereocenters. The van der Waals surface area contributed by atoms with Gasteiger partial charge in [-0.3, -0.25) is 9.59 Å². The van der Waals surface area contributed by atoms with E-state index < -0.39 is 11.9 Å². The molecule has 0 N–H and O–H groups in total. The molecule has 14 heavy (non-hydrogen) atoms. The predicted octanol–water partition coefficient (Wildman–Crippen LogP) is 1.72. The Labute approximate surface area is 84.1 Å². The highest BCUT2D eigenvalue weighted by Gasteiger charge is 2.37. The van der Waals surface area contributed by atoms with E-state index in [4.69, 9.17) is 0 Å². The molecule has 0 aromatic rings. The van der Waals surface area contributed by atoms with E-state index in [1.165, 1.54) is 7.11 Å². The summed E-state index contributed by atoms with van der Waals surface area (Å²) in [6.07, 6.45) is 2.46. The van der Waals surface area contributed by atoms with Gasteiger partial charge in [0.05, 0.1) is 7.11 Å². The van der Waals surface area contributed by atoms with E-state index in [-0.39, 0.29) is 11.2 Å². The summed E-state index contributed by atoms with van der Waals surface area (Å²) in [5.74, 6) is -1.13. The summed E-state index contributed by atoms with van der Waals surface area (Å²) >= 11 is 0. The van der Waals surface area contributed by atoms with E-state index in [1.54, 1.807) is 6.92 Å². The molecule has 0 heterocycles. The molecule has 1 aliphatic carbocycles. The fourth-order valence-electron chi connectivity index (χ4n) is 1.94. The number of rotatable bonds is 1. The van der Waals surface area contributed by atoms with Gasteiger partial charge in [-0.2, -0.15) is 0 Å². The van der Waals surface area contributed by atoms with Gasteiger partial charge < -0.3 is 4.74 Å². The molecule has 0 aromatic carbocycles. The lowest BCUT2D eigenvalue weighted by Gasteiger charge is -2.30. The Morgan fingerprint density at radius 2 is 2.14 bits per heavy atom. The molecular formula is C11H16O3. The summed E-state index contributed by atoms with van der Waals surface area (Å²) in [5.41, 5.74) is 0.563. The molecule has 0 saturated carbocycles. The van der Waals surface area contributed by atoms with Crippen molar-refractivity contribution in [2.75, 3.05) is 7.11 Å². The molecule has 0 bridgehead atoms. The van der Waals surface area contributed by atoms with E-state index in [0.717, 1.165) is 0 Å². The second-order valence-electron chi connectivity index (χ2n) is 4.46. The molecular weight excluding hydrogens is 180 g/mol. The zero-order chi connectivity index (χ0) is 10.9. The van der Waals surface area contributed by atoms with E-state index in [0.29, 0.717) is 12.0 Å². The molecule has 3 nitrogen and oxygen atoms in total. The van der Waals surface area contributed by atoms with Gasteiger partial charge >= 0.3 is 5.97 Å². The summed E-state index contributed by atoms with van der Waals surface area (Å²) in [4.78, 5) is 23.0. The number of methoxy groups -OCH3 is 1. The molecule has 0 aliphatic heterocycles. The topological polar surface area (TPSA) is 43.4 Å². The van der Waals surface area contributed by atoms with Crippen LogP contribution in [0.25, 0.3) is 0 Å². The molecule has 1 rings (SSSR count). The van der Waals surface area contributed by atoms with Gasteiger partial charge in [-0.15, -0.1) is 0 Å². The zero-order valence-electron chi connectivity index (χ0n) is 9.09. The minimum Gasteiger partial charge on any atom is -0.468 e. The van der Waals surface area contributed by atoms with Crippen molar-refractivity contribution >= 4 is 11.8 Å². The molecule has 1 atom stereocenters. The van der Waals surface area contributed by atoms with Gasteiger partial charge in [-0.1, -0.05) is 19.9 Å². The molecule has 0 radical (unpaired) electrons. The van der Waals surface area contributed by atoms with Crippen LogP contribution < -0.4 is 0 Å². The lowest BCUT2D eigenvalue weighted by Crippen LogP contribution is -2.34. The van der Waals surface area contributed by atoms with Gasteiger partial charge in [0, 0.05) is 0 Å². The predicted molar refractivity (Wildman–Crippen MR) is 52.7 cm³/mol. The Hall–Kier alpha value is -1.12. The first-order chi connectivity index (χ1) is 6.37. The summed E-state index contributed by atoms with van der Waals surface area (Å²) < 4.78 is 4.61. The van der Waals surface area contributed by atoms with Crippen molar-refractivity contribution < 1.29 is 14.3 Å². The normalized spacial score (nSPS) is 25.6. The largest absolute Gasteiger partial charge is 0.468 e. The SMILES string of the molecule is COC(=O)C1CC(C)(C)C=C(C)C1=O. The Bertz CT molecular complexity index is 300. The number of ketones is 1.